The van der Waals surface area contributed by atoms with E-state index in [1.807, 2.05) is 0 Å². The first-order chi connectivity index (χ1) is 7.08. The number of aromatic amines is 1. The second-order valence-corrected chi connectivity index (χ2v) is 5.04. The number of halogens is 1. The van der Waals surface area contributed by atoms with Gasteiger partial charge in [0.05, 0.1) is 0 Å². The Morgan fingerprint density at radius 3 is 2.87 bits per heavy atom. The molecule has 1 saturated heterocycles. The van der Waals surface area contributed by atoms with Gasteiger partial charge < -0.3 is 9.88 Å². The summed E-state index contributed by atoms with van der Waals surface area (Å²) in [6.45, 7) is 0.488. The Hall–Kier alpha value is -0.750. The second kappa shape index (κ2) is 4.02. The van der Waals surface area contributed by atoms with Gasteiger partial charge in [-0.05, 0) is 22.0 Å². The van der Waals surface area contributed by atoms with Crippen LogP contribution in [0.15, 0.2) is 21.5 Å². The number of hydrogen-bond acceptors (Lipinski definition) is 3. The molecule has 80 valence electrons. The Bertz CT molecular complexity index is 460. The van der Waals surface area contributed by atoms with E-state index in [1.165, 1.54) is 4.90 Å². The number of aromatic nitrogens is 1. The smallest absolute Gasteiger partial charge is 0.271 e. The van der Waals surface area contributed by atoms with Crippen LogP contribution in [-0.4, -0.2) is 22.7 Å². The SMILES string of the molecule is O=C1CC(S)CN1c1cc(Br)c[nH]c1=O. The molecule has 0 aromatic carbocycles. The van der Waals surface area contributed by atoms with E-state index in [0.29, 0.717) is 18.7 Å². The molecule has 1 aromatic heterocycles. The molecule has 1 aliphatic rings. The number of thiol groups is 1. The zero-order valence-electron chi connectivity index (χ0n) is 7.74. The minimum Gasteiger partial charge on any atom is -0.326 e. The summed E-state index contributed by atoms with van der Waals surface area (Å²) in [6, 6.07) is 1.64. The summed E-state index contributed by atoms with van der Waals surface area (Å²) in [5.74, 6) is -0.0569. The van der Waals surface area contributed by atoms with Crippen LogP contribution in [0.4, 0.5) is 5.69 Å². The summed E-state index contributed by atoms with van der Waals surface area (Å²) in [7, 11) is 0. The number of hydrogen-bond donors (Lipinski definition) is 2. The van der Waals surface area contributed by atoms with Crippen LogP contribution < -0.4 is 10.5 Å². The molecule has 2 rings (SSSR count). The minimum atomic E-state index is -0.256. The summed E-state index contributed by atoms with van der Waals surface area (Å²) in [6.07, 6.45) is 1.93. The minimum absolute atomic E-state index is 0.0101. The molecule has 1 atom stereocenters. The molecule has 1 aliphatic heterocycles. The highest BCUT2D eigenvalue weighted by atomic mass is 79.9. The van der Waals surface area contributed by atoms with Gasteiger partial charge in [0.1, 0.15) is 5.69 Å². The summed E-state index contributed by atoms with van der Waals surface area (Å²) in [5, 5.41) is 0.0101. The van der Waals surface area contributed by atoms with Crippen molar-refractivity contribution in [2.75, 3.05) is 11.4 Å². The molecule has 0 radical (unpaired) electrons. The first-order valence-electron chi connectivity index (χ1n) is 4.44. The molecule has 1 fully saturated rings. The fourth-order valence-electron chi connectivity index (χ4n) is 1.57. The van der Waals surface area contributed by atoms with Crippen molar-refractivity contribution >= 4 is 40.2 Å². The van der Waals surface area contributed by atoms with Gasteiger partial charge in [0.2, 0.25) is 5.91 Å². The van der Waals surface area contributed by atoms with E-state index in [1.54, 1.807) is 12.3 Å². The average Bonchev–Trinajstić information content (AvgIpc) is 2.50. The maximum atomic E-state index is 11.6. The van der Waals surface area contributed by atoms with E-state index in [-0.39, 0.29) is 16.7 Å². The predicted octanol–water partition coefficient (Wildman–Crippen LogP) is 1.17. The number of amides is 1. The Kier molecular flexibility index (Phi) is 2.88. The lowest BCUT2D eigenvalue weighted by atomic mass is 10.4. The summed E-state index contributed by atoms with van der Waals surface area (Å²) >= 11 is 7.49. The van der Waals surface area contributed by atoms with Gasteiger partial charge in [-0.2, -0.15) is 12.6 Å². The first kappa shape index (κ1) is 10.8. The Balaban J connectivity index is 2.41. The lowest BCUT2D eigenvalue weighted by molar-refractivity contribution is -0.117. The van der Waals surface area contributed by atoms with Crippen LogP contribution in [0.25, 0.3) is 0 Å². The molecule has 1 amide bonds. The van der Waals surface area contributed by atoms with Crippen molar-refractivity contribution in [2.24, 2.45) is 0 Å². The average molecular weight is 289 g/mol. The van der Waals surface area contributed by atoms with Crippen LogP contribution in [0, 0.1) is 0 Å². The zero-order chi connectivity index (χ0) is 11.0. The number of pyridine rings is 1. The molecule has 0 saturated carbocycles. The van der Waals surface area contributed by atoms with E-state index in [4.69, 9.17) is 0 Å². The van der Waals surface area contributed by atoms with E-state index in [9.17, 15) is 9.59 Å². The highest BCUT2D eigenvalue weighted by molar-refractivity contribution is 9.10. The number of H-pyrrole nitrogens is 1. The van der Waals surface area contributed by atoms with Crippen molar-refractivity contribution in [1.29, 1.82) is 0 Å². The van der Waals surface area contributed by atoms with Gasteiger partial charge in [-0.15, -0.1) is 0 Å². The van der Waals surface area contributed by atoms with Gasteiger partial charge in [-0.25, -0.2) is 0 Å². The number of anilines is 1. The highest BCUT2D eigenvalue weighted by Gasteiger charge is 2.29. The van der Waals surface area contributed by atoms with Crippen LogP contribution in [0.2, 0.25) is 0 Å². The number of rotatable bonds is 1. The number of carbonyl (C=O) groups is 1. The third-order valence-electron chi connectivity index (χ3n) is 2.24. The summed E-state index contributed by atoms with van der Waals surface area (Å²) < 4.78 is 0.743. The topological polar surface area (TPSA) is 53.2 Å². The van der Waals surface area contributed by atoms with E-state index >= 15 is 0 Å². The number of carbonyl (C=O) groups excluding carboxylic acids is 1. The van der Waals surface area contributed by atoms with Crippen LogP contribution in [-0.2, 0) is 4.79 Å². The maximum absolute atomic E-state index is 11.6. The van der Waals surface area contributed by atoms with Crippen LogP contribution in [0.1, 0.15) is 6.42 Å². The Morgan fingerprint density at radius 2 is 2.27 bits per heavy atom. The van der Waals surface area contributed by atoms with E-state index in [0.717, 1.165) is 4.47 Å². The van der Waals surface area contributed by atoms with E-state index in [2.05, 4.69) is 33.5 Å². The van der Waals surface area contributed by atoms with Crippen molar-refractivity contribution < 1.29 is 4.79 Å². The second-order valence-electron chi connectivity index (χ2n) is 3.39. The van der Waals surface area contributed by atoms with Gasteiger partial charge in [0, 0.05) is 28.9 Å². The zero-order valence-corrected chi connectivity index (χ0v) is 10.2. The molecule has 0 aliphatic carbocycles. The molecule has 2 heterocycles. The molecule has 0 spiro atoms. The van der Waals surface area contributed by atoms with Crippen molar-refractivity contribution in [1.82, 2.24) is 4.98 Å². The third-order valence-corrected chi connectivity index (χ3v) is 3.05. The summed E-state index contributed by atoms with van der Waals surface area (Å²) in [4.78, 5) is 27.1. The fourth-order valence-corrected chi connectivity index (χ4v) is 2.22. The van der Waals surface area contributed by atoms with Crippen molar-refractivity contribution in [2.45, 2.75) is 11.7 Å². The van der Waals surface area contributed by atoms with Gasteiger partial charge in [-0.3, -0.25) is 9.59 Å². The van der Waals surface area contributed by atoms with Gasteiger partial charge in [-0.1, -0.05) is 0 Å². The molecule has 1 aromatic rings. The summed E-state index contributed by atoms with van der Waals surface area (Å²) in [5.41, 5.74) is 0.125. The van der Waals surface area contributed by atoms with E-state index < -0.39 is 0 Å². The standard InChI is InChI=1S/C9H9BrN2O2S/c10-5-1-7(9(14)11-3-5)12-4-6(15)2-8(12)13/h1,3,6,15H,2,4H2,(H,11,14). The van der Waals surface area contributed by atoms with Crippen LogP contribution in [0.3, 0.4) is 0 Å². The molecular formula is C9H9BrN2O2S. The number of nitrogens with one attached hydrogen (secondary N) is 1. The molecule has 15 heavy (non-hydrogen) atoms. The molecular weight excluding hydrogens is 280 g/mol. The molecule has 0 bridgehead atoms. The molecule has 4 nitrogen and oxygen atoms in total. The van der Waals surface area contributed by atoms with Crippen molar-refractivity contribution in [3.8, 4) is 0 Å². The lowest BCUT2D eigenvalue weighted by Crippen LogP contribution is -2.30. The van der Waals surface area contributed by atoms with Gasteiger partial charge in [0.25, 0.3) is 5.56 Å². The van der Waals surface area contributed by atoms with Gasteiger partial charge in [0.15, 0.2) is 0 Å². The number of nitrogens with zero attached hydrogens (tertiary/aromatic N) is 1. The lowest BCUT2D eigenvalue weighted by Gasteiger charge is -2.14. The largest absolute Gasteiger partial charge is 0.326 e. The Morgan fingerprint density at radius 1 is 1.53 bits per heavy atom. The first-order valence-corrected chi connectivity index (χ1v) is 5.75. The van der Waals surface area contributed by atoms with Crippen LogP contribution in [0.5, 0.6) is 0 Å². The van der Waals surface area contributed by atoms with Crippen molar-refractivity contribution in [3.05, 3.63) is 27.1 Å². The van der Waals surface area contributed by atoms with Crippen LogP contribution >= 0.6 is 28.6 Å². The fraction of sp³-hybridized carbons (Fsp3) is 0.333. The maximum Gasteiger partial charge on any atom is 0.271 e. The normalized spacial score (nSPS) is 21.1. The highest BCUT2D eigenvalue weighted by Crippen LogP contribution is 2.22. The molecule has 1 unspecified atom stereocenters. The van der Waals surface area contributed by atoms with Crippen molar-refractivity contribution in [3.63, 3.8) is 0 Å². The monoisotopic (exact) mass is 288 g/mol. The predicted molar refractivity (Wildman–Crippen MR) is 64.5 cm³/mol. The molecule has 1 N–H and O–H groups in total. The quantitative estimate of drug-likeness (QED) is 0.763. The van der Waals surface area contributed by atoms with Gasteiger partial charge >= 0.3 is 0 Å². The third kappa shape index (κ3) is 2.10. The molecule has 6 heteroatoms. The Labute approximate surface area is 100 Å².